The number of hydrogen-bond donors (Lipinski definition) is 0. The van der Waals surface area contributed by atoms with Crippen LogP contribution in [0.25, 0.3) is 43.9 Å². The number of rotatable bonds is 0. The lowest BCUT2D eigenvalue weighted by atomic mass is 9.29. The Hall–Kier alpha value is -6.53. The Bertz CT molecular complexity index is 3020. The number of para-hydroxylation sites is 2. The molecule has 7 heterocycles. The Morgan fingerprint density at radius 1 is 0.404 bits per heavy atom. The maximum Gasteiger partial charge on any atom is 0.256 e. The number of nitrogens with zero attached hydrogens (tertiary/aromatic N) is 1. The topological polar surface area (TPSA) is 57.2 Å². The van der Waals surface area contributed by atoms with Gasteiger partial charge in [-0.15, -0.1) is 0 Å². The summed E-state index contributed by atoms with van der Waals surface area (Å²) in [5.41, 5.74) is 15.9. The summed E-state index contributed by atoms with van der Waals surface area (Å²) in [6, 6.07) is 36.4. The minimum Gasteiger partial charge on any atom is -0.458 e. The van der Waals surface area contributed by atoms with E-state index in [4.69, 9.17) is 23.0 Å². The van der Waals surface area contributed by atoms with Crippen LogP contribution in [0.4, 0.5) is 17.1 Å². The highest BCUT2D eigenvalue weighted by molar-refractivity contribution is 7.04. The van der Waals surface area contributed by atoms with Crippen LogP contribution < -0.4 is 51.9 Å². The number of ether oxygens (including phenoxy) is 3. The molecule has 5 aliphatic heterocycles. The van der Waals surface area contributed by atoms with Crippen molar-refractivity contribution in [2.45, 2.75) is 13.8 Å². The standard InChI is InChI=1S/C44H23B2NO5/c1-20-11-28-42-38(13-20)52-39-14-21(2)12-29-43(39)47(42)44-40-36(50-34-17-32-24(15-26(34)45(28)40)22-7-3-5-9-30(22)48-32)19-37-41(44)46(29)27-16-25-23-8-4-6-10-31(23)49-33(25)18-35(27)51-37/h3-19H,1-2H3. The lowest BCUT2D eigenvalue weighted by molar-refractivity contribution is 0.463. The van der Waals surface area contributed by atoms with Gasteiger partial charge in [0, 0.05) is 45.4 Å². The number of anilines is 3. The fourth-order valence-corrected chi connectivity index (χ4v) is 10.1. The van der Waals surface area contributed by atoms with E-state index in [1.54, 1.807) is 0 Å². The fraction of sp³-hybridized carbons (Fsp3) is 0.0455. The molecular formula is C44H23B2NO5. The zero-order valence-electron chi connectivity index (χ0n) is 28.0. The second-order valence-electron chi connectivity index (χ2n) is 14.9. The van der Waals surface area contributed by atoms with Crippen molar-refractivity contribution >= 4 is 107 Å². The molecule has 52 heavy (non-hydrogen) atoms. The first kappa shape index (κ1) is 26.3. The molecule has 9 aromatic rings. The quantitative estimate of drug-likeness (QED) is 0.156. The van der Waals surface area contributed by atoms with Gasteiger partial charge in [0.1, 0.15) is 45.3 Å². The van der Waals surface area contributed by atoms with Gasteiger partial charge in [-0.05, 0) is 82.0 Å². The molecule has 0 N–H and O–H groups in total. The van der Waals surface area contributed by atoms with Crippen molar-refractivity contribution in [2.24, 2.45) is 0 Å². The minimum atomic E-state index is -0.0958. The summed E-state index contributed by atoms with van der Waals surface area (Å²) in [5.74, 6) is 4.92. The third-order valence-corrected chi connectivity index (χ3v) is 12.0. The maximum atomic E-state index is 6.98. The van der Waals surface area contributed by atoms with Crippen molar-refractivity contribution in [1.82, 2.24) is 0 Å². The van der Waals surface area contributed by atoms with Crippen LogP contribution >= 0.6 is 0 Å². The number of benzene rings is 7. The Morgan fingerprint density at radius 2 is 0.885 bits per heavy atom. The van der Waals surface area contributed by atoms with E-state index in [-0.39, 0.29) is 13.4 Å². The average molecular weight is 667 g/mol. The zero-order valence-corrected chi connectivity index (χ0v) is 28.0. The van der Waals surface area contributed by atoms with E-state index in [2.05, 4.69) is 97.6 Å². The van der Waals surface area contributed by atoms with Crippen LogP contribution in [-0.4, -0.2) is 13.4 Å². The Kier molecular flexibility index (Phi) is 4.30. The number of fused-ring (bicyclic) bond motifs is 12. The third kappa shape index (κ3) is 2.93. The van der Waals surface area contributed by atoms with Crippen molar-refractivity contribution < 1.29 is 23.0 Å². The third-order valence-electron chi connectivity index (χ3n) is 12.0. The molecule has 0 aliphatic carbocycles. The predicted octanol–water partition coefficient (Wildman–Crippen LogP) is 7.55. The fourth-order valence-electron chi connectivity index (χ4n) is 10.1. The summed E-state index contributed by atoms with van der Waals surface area (Å²) in [6.45, 7) is 4.12. The molecule has 7 aromatic carbocycles. The molecule has 240 valence electrons. The molecule has 0 atom stereocenters. The lowest BCUT2D eigenvalue weighted by Gasteiger charge is -2.49. The molecule has 14 rings (SSSR count). The Morgan fingerprint density at radius 3 is 1.40 bits per heavy atom. The molecule has 0 unspecified atom stereocenters. The van der Waals surface area contributed by atoms with E-state index in [0.29, 0.717) is 0 Å². The van der Waals surface area contributed by atoms with Gasteiger partial charge in [-0.3, -0.25) is 0 Å². The van der Waals surface area contributed by atoms with Gasteiger partial charge in [0.15, 0.2) is 11.5 Å². The molecular weight excluding hydrogens is 644 g/mol. The summed E-state index contributed by atoms with van der Waals surface area (Å²) in [7, 11) is 0. The first-order valence-electron chi connectivity index (χ1n) is 17.8. The van der Waals surface area contributed by atoms with E-state index < -0.39 is 0 Å². The van der Waals surface area contributed by atoms with Crippen molar-refractivity contribution in [3.8, 4) is 34.5 Å². The van der Waals surface area contributed by atoms with Crippen molar-refractivity contribution in [2.75, 3.05) is 4.90 Å². The molecule has 0 saturated carbocycles. The van der Waals surface area contributed by atoms with E-state index in [1.807, 2.05) is 24.3 Å². The van der Waals surface area contributed by atoms with E-state index in [1.165, 1.54) is 10.9 Å². The molecule has 8 heteroatoms. The molecule has 2 aromatic heterocycles. The van der Waals surface area contributed by atoms with Gasteiger partial charge in [0.05, 0.1) is 11.4 Å². The lowest BCUT2D eigenvalue weighted by Crippen LogP contribution is -2.67. The number of furan rings is 2. The van der Waals surface area contributed by atoms with Gasteiger partial charge in [-0.25, -0.2) is 0 Å². The highest BCUT2D eigenvalue weighted by Crippen LogP contribution is 2.55. The Balaban J connectivity index is 1.13. The smallest absolute Gasteiger partial charge is 0.256 e. The van der Waals surface area contributed by atoms with Gasteiger partial charge in [-0.2, -0.15) is 0 Å². The van der Waals surface area contributed by atoms with Crippen LogP contribution in [0.1, 0.15) is 11.1 Å². The zero-order chi connectivity index (χ0) is 33.7. The van der Waals surface area contributed by atoms with Crippen LogP contribution in [-0.2, 0) is 0 Å². The van der Waals surface area contributed by atoms with Gasteiger partial charge in [0.2, 0.25) is 0 Å². The Labute approximate surface area is 296 Å². The first-order valence-corrected chi connectivity index (χ1v) is 17.8. The SMILES string of the molecule is Cc1cc2c3c(c1)B1c4cc5c(cc4Oc4cc6c7c(c41)N3c1c(cc(C)cc1B7c1cc3c(cc1O6)oc1ccccc13)O2)oc1ccccc15. The molecule has 0 amide bonds. The van der Waals surface area contributed by atoms with E-state index in [9.17, 15) is 0 Å². The maximum absolute atomic E-state index is 6.98. The largest absolute Gasteiger partial charge is 0.458 e. The molecule has 0 radical (unpaired) electrons. The van der Waals surface area contributed by atoms with Gasteiger partial charge in [-0.1, -0.05) is 60.7 Å². The van der Waals surface area contributed by atoms with Crippen LogP contribution in [0.2, 0.25) is 0 Å². The molecule has 5 aliphatic rings. The average Bonchev–Trinajstić information content (AvgIpc) is 3.69. The van der Waals surface area contributed by atoms with Crippen LogP contribution in [0.3, 0.4) is 0 Å². The molecule has 0 fully saturated rings. The van der Waals surface area contributed by atoms with Gasteiger partial charge in [0.25, 0.3) is 13.4 Å². The normalized spacial score (nSPS) is 14.7. The van der Waals surface area contributed by atoms with Crippen LogP contribution in [0.15, 0.2) is 112 Å². The minimum absolute atomic E-state index is 0.0958. The summed E-state index contributed by atoms with van der Waals surface area (Å²) < 4.78 is 33.7. The molecule has 6 nitrogen and oxygen atoms in total. The van der Waals surface area contributed by atoms with Crippen LogP contribution in [0, 0.1) is 13.8 Å². The molecule has 0 saturated heterocycles. The highest BCUT2D eigenvalue weighted by Gasteiger charge is 2.53. The number of aryl methyl sites for hydroxylation is 2. The van der Waals surface area contributed by atoms with Gasteiger partial charge < -0.3 is 27.9 Å². The second-order valence-corrected chi connectivity index (χ2v) is 14.9. The summed E-state index contributed by atoms with van der Waals surface area (Å²) >= 11 is 0. The molecule has 0 spiro atoms. The van der Waals surface area contributed by atoms with Crippen molar-refractivity contribution in [1.29, 1.82) is 0 Å². The van der Waals surface area contributed by atoms with Crippen molar-refractivity contribution in [3.05, 3.63) is 114 Å². The van der Waals surface area contributed by atoms with E-state index in [0.717, 1.165) is 128 Å². The monoisotopic (exact) mass is 667 g/mol. The second kappa shape index (κ2) is 8.49. The molecule has 0 bridgehead atoms. The summed E-state index contributed by atoms with van der Waals surface area (Å²) in [6.07, 6.45) is 0. The van der Waals surface area contributed by atoms with E-state index >= 15 is 0 Å². The first-order chi connectivity index (χ1) is 25.6. The number of hydrogen-bond acceptors (Lipinski definition) is 6. The summed E-state index contributed by atoms with van der Waals surface area (Å²) in [5, 5.41) is 4.37. The highest BCUT2D eigenvalue weighted by atomic mass is 16.5. The summed E-state index contributed by atoms with van der Waals surface area (Å²) in [4.78, 5) is 2.46. The van der Waals surface area contributed by atoms with Gasteiger partial charge >= 0.3 is 0 Å². The van der Waals surface area contributed by atoms with Crippen LogP contribution in [0.5, 0.6) is 34.5 Å². The predicted molar refractivity (Wildman–Crippen MR) is 208 cm³/mol. The van der Waals surface area contributed by atoms with Crippen molar-refractivity contribution in [3.63, 3.8) is 0 Å².